The number of carbonyl (C=O) groups is 1. The predicted molar refractivity (Wildman–Crippen MR) is 86.9 cm³/mol. The molecule has 0 saturated carbocycles. The van der Waals surface area contributed by atoms with Crippen LogP contribution < -0.4 is 10.3 Å². The van der Waals surface area contributed by atoms with E-state index in [0.717, 1.165) is 0 Å². The summed E-state index contributed by atoms with van der Waals surface area (Å²) in [5.41, 5.74) is 0.588. The Labute approximate surface area is 140 Å². The molecule has 1 N–H and O–H groups in total. The Kier molecular flexibility index (Phi) is 4.02. The smallest absolute Gasteiger partial charge is 0.308 e. The minimum atomic E-state index is -0.580. The number of fused-ring (bicyclic) bond motifs is 1. The van der Waals surface area contributed by atoms with Crippen molar-refractivity contribution in [3.05, 3.63) is 51.0 Å². The van der Waals surface area contributed by atoms with Gasteiger partial charge in [0.15, 0.2) is 11.4 Å². The van der Waals surface area contributed by atoms with Gasteiger partial charge in [-0.3, -0.25) is 9.59 Å². The third-order valence-corrected chi connectivity index (χ3v) is 3.79. The minimum absolute atomic E-state index is 0.0303. The van der Waals surface area contributed by atoms with E-state index in [-0.39, 0.29) is 27.5 Å². The lowest BCUT2D eigenvalue weighted by Gasteiger charge is -2.11. The Hall–Kier alpha value is -2.44. The van der Waals surface area contributed by atoms with Gasteiger partial charge in [0.1, 0.15) is 5.52 Å². The molecule has 116 valence electrons. The van der Waals surface area contributed by atoms with Gasteiger partial charge in [0.2, 0.25) is 0 Å². The van der Waals surface area contributed by atoms with Gasteiger partial charge in [-0.1, -0.05) is 29.3 Å². The molecular formula is C15H9Cl2N3O3. The fourth-order valence-corrected chi connectivity index (χ4v) is 2.44. The first-order chi connectivity index (χ1) is 11.0. The van der Waals surface area contributed by atoms with E-state index in [1.54, 1.807) is 12.1 Å². The number of hydrogen-bond donors (Lipinski definition) is 1. The lowest BCUT2D eigenvalue weighted by Crippen LogP contribution is -2.15. The highest BCUT2D eigenvalue weighted by atomic mass is 35.5. The number of rotatable bonds is 2. The molecule has 0 atom stereocenters. The highest BCUT2D eigenvalue weighted by molar-refractivity contribution is 6.42. The van der Waals surface area contributed by atoms with Crippen LogP contribution in [0.2, 0.25) is 10.0 Å². The Balaban J connectivity index is 2.38. The maximum absolute atomic E-state index is 12.4. The number of H-pyrrole nitrogens is 1. The SMILES string of the molecule is CC(=O)Oc1c(-c2ccc(Cl)c(Cl)c2)c(=O)[nH]c2nccnc12. The summed E-state index contributed by atoms with van der Waals surface area (Å²) in [6.45, 7) is 1.24. The minimum Gasteiger partial charge on any atom is -0.423 e. The molecule has 0 fully saturated rings. The van der Waals surface area contributed by atoms with Crippen LogP contribution in [0.5, 0.6) is 5.75 Å². The first-order valence-electron chi connectivity index (χ1n) is 6.48. The molecule has 0 bridgehead atoms. The molecule has 3 rings (SSSR count). The first kappa shape index (κ1) is 15.5. The van der Waals surface area contributed by atoms with Gasteiger partial charge in [-0.2, -0.15) is 0 Å². The zero-order valence-corrected chi connectivity index (χ0v) is 13.3. The van der Waals surface area contributed by atoms with E-state index in [4.69, 9.17) is 27.9 Å². The molecule has 8 heteroatoms. The number of esters is 1. The van der Waals surface area contributed by atoms with E-state index in [2.05, 4.69) is 15.0 Å². The summed E-state index contributed by atoms with van der Waals surface area (Å²) in [5.74, 6) is -0.549. The Morgan fingerprint density at radius 1 is 1.17 bits per heavy atom. The van der Waals surface area contributed by atoms with E-state index >= 15 is 0 Å². The van der Waals surface area contributed by atoms with Crippen molar-refractivity contribution in [1.82, 2.24) is 15.0 Å². The fourth-order valence-electron chi connectivity index (χ4n) is 2.14. The van der Waals surface area contributed by atoms with E-state index in [1.807, 2.05) is 0 Å². The number of benzene rings is 1. The van der Waals surface area contributed by atoms with Crippen LogP contribution in [0.3, 0.4) is 0 Å². The van der Waals surface area contributed by atoms with Crippen LogP contribution in [0.4, 0.5) is 0 Å². The highest BCUT2D eigenvalue weighted by Gasteiger charge is 2.19. The molecule has 6 nitrogen and oxygen atoms in total. The molecule has 0 amide bonds. The molecule has 2 aromatic heterocycles. The third kappa shape index (κ3) is 2.91. The number of carbonyl (C=O) groups excluding carboxylic acids is 1. The second-order valence-electron chi connectivity index (χ2n) is 4.63. The second-order valence-corrected chi connectivity index (χ2v) is 5.45. The Morgan fingerprint density at radius 2 is 1.91 bits per heavy atom. The molecule has 0 unspecified atom stereocenters. The molecule has 3 aromatic rings. The standard InChI is InChI=1S/C15H9Cl2N3O3/c1-7(21)23-13-11(8-2-3-9(16)10(17)6-8)15(22)20-14-12(13)18-4-5-19-14/h2-6H,1H3,(H,19,20,22). The normalized spacial score (nSPS) is 10.7. The second kappa shape index (κ2) is 5.98. The van der Waals surface area contributed by atoms with Crippen molar-refractivity contribution in [2.75, 3.05) is 0 Å². The molecule has 0 aliphatic heterocycles. The van der Waals surface area contributed by atoms with Gasteiger partial charge in [0.25, 0.3) is 5.56 Å². The van der Waals surface area contributed by atoms with Gasteiger partial charge in [0, 0.05) is 19.3 Å². The maximum Gasteiger partial charge on any atom is 0.308 e. The van der Waals surface area contributed by atoms with Gasteiger partial charge in [-0.25, -0.2) is 9.97 Å². The molecule has 23 heavy (non-hydrogen) atoms. The monoisotopic (exact) mass is 349 g/mol. The highest BCUT2D eigenvalue weighted by Crippen LogP contribution is 2.34. The van der Waals surface area contributed by atoms with Gasteiger partial charge in [-0.15, -0.1) is 0 Å². The van der Waals surface area contributed by atoms with Gasteiger partial charge in [0.05, 0.1) is 15.6 Å². The van der Waals surface area contributed by atoms with Crippen molar-refractivity contribution >= 4 is 40.3 Å². The maximum atomic E-state index is 12.4. The van der Waals surface area contributed by atoms with Crippen LogP contribution in [-0.4, -0.2) is 20.9 Å². The molecule has 2 heterocycles. The lowest BCUT2D eigenvalue weighted by molar-refractivity contribution is -0.131. The van der Waals surface area contributed by atoms with Crippen LogP contribution in [-0.2, 0) is 4.79 Å². The lowest BCUT2D eigenvalue weighted by atomic mass is 10.1. The fraction of sp³-hybridized carbons (Fsp3) is 0.0667. The van der Waals surface area contributed by atoms with Crippen LogP contribution in [0.25, 0.3) is 22.3 Å². The van der Waals surface area contributed by atoms with E-state index in [1.165, 1.54) is 25.4 Å². The number of nitrogens with one attached hydrogen (secondary N) is 1. The third-order valence-electron chi connectivity index (χ3n) is 3.05. The van der Waals surface area contributed by atoms with Crippen molar-refractivity contribution in [3.8, 4) is 16.9 Å². The topological polar surface area (TPSA) is 84.9 Å². The predicted octanol–water partition coefficient (Wildman–Crippen LogP) is 3.22. The summed E-state index contributed by atoms with van der Waals surface area (Å²) in [5, 5.41) is 0.623. The van der Waals surface area contributed by atoms with E-state index in [0.29, 0.717) is 10.6 Å². The van der Waals surface area contributed by atoms with Crippen LogP contribution >= 0.6 is 23.2 Å². The van der Waals surface area contributed by atoms with Crippen LogP contribution in [0.15, 0.2) is 35.4 Å². The first-order valence-corrected chi connectivity index (χ1v) is 7.24. The van der Waals surface area contributed by atoms with Crippen LogP contribution in [0, 0.1) is 0 Å². The summed E-state index contributed by atoms with van der Waals surface area (Å²) in [6.07, 6.45) is 2.86. The molecule has 0 aliphatic carbocycles. The number of ether oxygens (including phenoxy) is 1. The molecule has 0 spiro atoms. The number of aromatic nitrogens is 3. The quantitative estimate of drug-likeness (QED) is 0.718. The average molecular weight is 350 g/mol. The van der Waals surface area contributed by atoms with Crippen molar-refractivity contribution in [2.24, 2.45) is 0 Å². The van der Waals surface area contributed by atoms with Gasteiger partial charge in [-0.05, 0) is 17.7 Å². The number of hydrogen-bond acceptors (Lipinski definition) is 5. The Bertz CT molecular complexity index is 985. The summed E-state index contributed by atoms with van der Waals surface area (Å²) in [4.78, 5) is 34.6. The molecule has 1 aromatic carbocycles. The summed E-state index contributed by atoms with van der Waals surface area (Å²) >= 11 is 11.9. The van der Waals surface area contributed by atoms with Crippen molar-refractivity contribution in [2.45, 2.75) is 6.92 Å². The summed E-state index contributed by atoms with van der Waals surface area (Å²) in [7, 11) is 0. The van der Waals surface area contributed by atoms with Crippen molar-refractivity contribution in [3.63, 3.8) is 0 Å². The van der Waals surface area contributed by atoms with Crippen LogP contribution in [0.1, 0.15) is 6.92 Å². The zero-order chi connectivity index (χ0) is 16.6. The molecule has 0 aliphatic rings. The number of aromatic amines is 1. The van der Waals surface area contributed by atoms with E-state index < -0.39 is 11.5 Å². The van der Waals surface area contributed by atoms with Gasteiger partial charge < -0.3 is 9.72 Å². The van der Waals surface area contributed by atoms with Crippen molar-refractivity contribution < 1.29 is 9.53 Å². The number of halogens is 2. The molecule has 0 radical (unpaired) electrons. The number of pyridine rings is 1. The average Bonchev–Trinajstić information content (AvgIpc) is 2.50. The molecule has 0 saturated heterocycles. The van der Waals surface area contributed by atoms with Crippen molar-refractivity contribution in [1.29, 1.82) is 0 Å². The summed E-state index contributed by atoms with van der Waals surface area (Å²) < 4.78 is 5.23. The Morgan fingerprint density at radius 3 is 2.61 bits per heavy atom. The molecular weight excluding hydrogens is 341 g/mol. The summed E-state index contributed by atoms with van der Waals surface area (Å²) in [6, 6.07) is 4.68. The largest absolute Gasteiger partial charge is 0.423 e. The van der Waals surface area contributed by atoms with E-state index in [9.17, 15) is 9.59 Å². The van der Waals surface area contributed by atoms with Gasteiger partial charge >= 0.3 is 5.97 Å². The zero-order valence-electron chi connectivity index (χ0n) is 11.8. The number of nitrogens with zero attached hydrogens (tertiary/aromatic N) is 2.